The molecule has 1 aliphatic rings. The van der Waals surface area contributed by atoms with Crippen LogP contribution in [0.4, 0.5) is 5.69 Å². The summed E-state index contributed by atoms with van der Waals surface area (Å²) in [6, 6.07) is 18.1. The molecule has 0 N–H and O–H groups in total. The summed E-state index contributed by atoms with van der Waals surface area (Å²) in [6.07, 6.45) is 3.47. The molecule has 8 nitrogen and oxygen atoms in total. The first-order valence-corrected chi connectivity index (χ1v) is 12.6. The lowest BCUT2D eigenvalue weighted by molar-refractivity contribution is 0.0729. The number of likely N-dealkylation sites (tertiary alicyclic amines) is 1. The second-order valence-electron chi connectivity index (χ2n) is 8.12. The first-order chi connectivity index (χ1) is 16.4. The van der Waals surface area contributed by atoms with Gasteiger partial charge < -0.3 is 4.90 Å². The number of hydrogen-bond donors (Lipinski definition) is 0. The van der Waals surface area contributed by atoms with E-state index in [9.17, 15) is 13.2 Å². The van der Waals surface area contributed by atoms with E-state index < -0.39 is 10.0 Å². The first kappa shape index (κ1) is 22.4. The Labute approximate surface area is 202 Å². The summed E-state index contributed by atoms with van der Waals surface area (Å²) < 4.78 is 29.6. The third kappa shape index (κ3) is 3.91. The van der Waals surface area contributed by atoms with Gasteiger partial charge in [0.15, 0.2) is 11.5 Å². The van der Waals surface area contributed by atoms with Crippen molar-refractivity contribution < 1.29 is 13.2 Å². The molecule has 2 aromatic heterocycles. The van der Waals surface area contributed by atoms with Crippen LogP contribution in [0.15, 0.2) is 77.8 Å². The van der Waals surface area contributed by atoms with Crippen LogP contribution in [0, 0.1) is 0 Å². The Morgan fingerprint density at radius 3 is 2.71 bits per heavy atom. The number of halogens is 1. The van der Waals surface area contributed by atoms with E-state index in [4.69, 9.17) is 11.6 Å². The monoisotopic (exact) mass is 495 g/mol. The summed E-state index contributed by atoms with van der Waals surface area (Å²) >= 11 is 6.03. The number of rotatable bonds is 5. The van der Waals surface area contributed by atoms with Gasteiger partial charge in [0, 0.05) is 30.4 Å². The topological polar surface area (TPSA) is 87.9 Å². The van der Waals surface area contributed by atoms with Gasteiger partial charge in [0.1, 0.15) is 0 Å². The highest BCUT2D eigenvalue weighted by Gasteiger charge is 2.34. The van der Waals surface area contributed by atoms with Crippen molar-refractivity contribution in [3.8, 4) is 0 Å². The van der Waals surface area contributed by atoms with Crippen LogP contribution in [0.25, 0.3) is 5.65 Å². The fourth-order valence-electron chi connectivity index (χ4n) is 4.29. The van der Waals surface area contributed by atoms with Crippen molar-refractivity contribution in [3.63, 3.8) is 0 Å². The summed E-state index contributed by atoms with van der Waals surface area (Å²) in [6.45, 7) is 0.560. The minimum atomic E-state index is -3.90. The van der Waals surface area contributed by atoms with Gasteiger partial charge in [-0.25, -0.2) is 8.42 Å². The molecular formula is C24H22ClN5O3S. The SMILES string of the molecule is CN(c1cccc(Cl)c1)S(=O)(=O)c1cccc(C(=O)N2CCCC2c2nnc3ccccn23)c1. The molecule has 1 atom stereocenters. The highest BCUT2D eigenvalue weighted by atomic mass is 35.5. The van der Waals surface area contributed by atoms with Gasteiger partial charge in [-0.2, -0.15) is 0 Å². The van der Waals surface area contributed by atoms with Gasteiger partial charge in [-0.1, -0.05) is 29.8 Å². The van der Waals surface area contributed by atoms with Crippen LogP contribution in [0.1, 0.15) is 35.1 Å². The molecule has 1 fully saturated rings. The lowest BCUT2D eigenvalue weighted by atomic mass is 10.1. The van der Waals surface area contributed by atoms with E-state index in [1.54, 1.807) is 41.3 Å². The third-order valence-corrected chi connectivity index (χ3v) is 8.08. The van der Waals surface area contributed by atoms with Gasteiger partial charge >= 0.3 is 0 Å². The molecule has 1 unspecified atom stereocenters. The maximum Gasteiger partial charge on any atom is 0.264 e. The molecule has 1 saturated heterocycles. The predicted octanol–water partition coefficient (Wildman–Crippen LogP) is 4.19. The third-order valence-electron chi connectivity index (χ3n) is 6.06. The zero-order valence-electron chi connectivity index (χ0n) is 18.4. The summed E-state index contributed by atoms with van der Waals surface area (Å²) in [7, 11) is -2.44. The van der Waals surface area contributed by atoms with E-state index in [0.717, 1.165) is 17.1 Å². The van der Waals surface area contributed by atoms with E-state index in [-0.39, 0.29) is 16.8 Å². The van der Waals surface area contributed by atoms with Crippen molar-refractivity contribution in [2.45, 2.75) is 23.8 Å². The summed E-state index contributed by atoms with van der Waals surface area (Å²) in [5.74, 6) is 0.462. The van der Waals surface area contributed by atoms with Crippen LogP contribution < -0.4 is 4.31 Å². The molecule has 10 heteroatoms. The van der Waals surface area contributed by atoms with Gasteiger partial charge in [0.2, 0.25) is 0 Å². The molecule has 0 bridgehead atoms. The van der Waals surface area contributed by atoms with Gasteiger partial charge in [0.05, 0.1) is 16.6 Å². The number of nitrogens with zero attached hydrogens (tertiary/aromatic N) is 5. The normalized spacial score (nSPS) is 16.2. The Morgan fingerprint density at radius 1 is 1.06 bits per heavy atom. The fourth-order valence-corrected chi connectivity index (χ4v) is 5.71. The number of carbonyl (C=O) groups is 1. The minimum Gasteiger partial charge on any atom is -0.328 e. The van der Waals surface area contributed by atoms with Crippen LogP contribution in [0.2, 0.25) is 5.02 Å². The highest BCUT2D eigenvalue weighted by Crippen LogP contribution is 2.33. The number of fused-ring (bicyclic) bond motifs is 1. The number of benzene rings is 2. The van der Waals surface area contributed by atoms with Crippen molar-refractivity contribution in [2.75, 3.05) is 17.9 Å². The largest absolute Gasteiger partial charge is 0.328 e. The van der Waals surface area contributed by atoms with Crippen molar-refractivity contribution in [3.05, 3.63) is 89.3 Å². The molecule has 0 radical (unpaired) electrons. The number of aromatic nitrogens is 3. The van der Waals surface area contributed by atoms with Crippen molar-refractivity contribution >= 4 is 38.9 Å². The number of sulfonamides is 1. The smallest absolute Gasteiger partial charge is 0.264 e. The molecule has 1 aliphatic heterocycles. The molecule has 1 amide bonds. The molecule has 5 rings (SSSR count). The number of hydrogen-bond acceptors (Lipinski definition) is 5. The fraction of sp³-hybridized carbons (Fsp3) is 0.208. The van der Waals surface area contributed by atoms with E-state index in [1.807, 2.05) is 28.8 Å². The number of pyridine rings is 1. The lowest BCUT2D eigenvalue weighted by Gasteiger charge is -2.24. The molecule has 34 heavy (non-hydrogen) atoms. The van der Waals surface area contributed by atoms with Crippen LogP contribution in [-0.4, -0.2) is 47.4 Å². The number of anilines is 1. The molecular weight excluding hydrogens is 474 g/mol. The lowest BCUT2D eigenvalue weighted by Crippen LogP contribution is -2.32. The Morgan fingerprint density at radius 2 is 1.88 bits per heavy atom. The Kier molecular flexibility index (Phi) is 5.75. The molecule has 0 spiro atoms. The maximum absolute atomic E-state index is 13.5. The number of carbonyl (C=O) groups excluding carboxylic acids is 1. The average molecular weight is 496 g/mol. The van der Waals surface area contributed by atoms with E-state index in [0.29, 0.717) is 34.3 Å². The van der Waals surface area contributed by atoms with Crippen LogP contribution in [0.3, 0.4) is 0 Å². The van der Waals surface area contributed by atoms with E-state index in [2.05, 4.69) is 10.2 Å². The molecule has 0 saturated carbocycles. The molecule has 174 valence electrons. The maximum atomic E-state index is 13.5. The Balaban J connectivity index is 1.45. The summed E-state index contributed by atoms with van der Waals surface area (Å²) in [4.78, 5) is 15.3. The highest BCUT2D eigenvalue weighted by molar-refractivity contribution is 7.92. The van der Waals surface area contributed by atoms with Gasteiger partial charge in [-0.15, -0.1) is 10.2 Å². The molecule has 3 heterocycles. The zero-order chi connectivity index (χ0) is 23.9. The van der Waals surface area contributed by atoms with Gasteiger partial charge in [0.25, 0.3) is 15.9 Å². The Bertz CT molecular complexity index is 1490. The van der Waals surface area contributed by atoms with Crippen molar-refractivity contribution in [1.82, 2.24) is 19.5 Å². The summed E-state index contributed by atoms with van der Waals surface area (Å²) in [5.41, 5.74) is 1.46. The quantitative estimate of drug-likeness (QED) is 0.414. The van der Waals surface area contributed by atoms with Crippen molar-refractivity contribution in [2.24, 2.45) is 0 Å². The zero-order valence-corrected chi connectivity index (χ0v) is 19.9. The van der Waals surface area contributed by atoms with Crippen LogP contribution in [0.5, 0.6) is 0 Å². The second-order valence-corrected chi connectivity index (χ2v) is 10.5. The van der Waals surface area contributed by atoms with E-state index in [1.165, 1.54) is 19.2 Å². The number of amides is 1. The minimum absolute atomic E-state index is 0.0319. The second kappa shape index (κ2) is 8.73. The molecule has 0 aliphatic carbocycles. The standard InChI is InChI=1S/C24H22ClN5O3S/c1-28(19-9-5-8-18(25)16-19)34(32,33)20-10-4-7-17(15-20)24(31)29-14-6-11-21(29)23-27-26-22-12-2-3-13-30(22)23/h2-5,7-10,12-13,15-16,21H,6,11,14H2,1H3. The first-order valence-electron chi connectivity index (χ1n) is 10.8. The van der Waals surface area contributed by atoms with Gasteiger partial charge in [-0.3, -0.25) is 13.5 Å². The predicted molar refractivity (Wildman–Crippen MR) is 129 cm³/mol. The van der Waals surface area contributed by atoms with Gasteiger partial charge in [-0.05, 0) is 61.4 Å². The molecule has 4 aromatic rings. The van der Waals surface area contributed by atoms with E-state index >= 15 is 0 Å². The van der Waals surface area contributed by atoms with Crippen molar-refractivity contribution in [1.29, 1.82) is 0 Å². The van der Waals surface area contributed by atoms with Crippen LogP contribution >= 0.6 is 11.6 Å². The molecule has 2 aromatic carbocycles. The summed E-state index contributed by atoms with van der Waals surface area (Å²) in [5, 5.41) is 8.98. The van der Waals surface area contributed by atoms with Crippen LogP contribution in [-0.2, 0) is 10.0 Å². The average Bonchev–Trinajstić information content (AvgIpc) is 3.50. The Hall–Kier alpha value is -3.43.